The van der Waals surface area contributed by atoms with Gasteiger partial charge in [-0.3, -0.25) is 0 Å². The molecule has 1 fully saturated rings. The van der Waals surface area contributed by atoms with Crippen LogP contribution in [-0.2, 0) is 32.5 Å². The van der Waals surface area contributed by atoms with Crippen LogP contribution in [-0.4, -0.2) is 0 Å². The molecule has 1 aliphatic rings. The third-order valence-corrected chi connectivity index (χ3v) is 15.8. The van der Waals surface area contributed by atoms with Gasteiger partial charge in [0.2, 0.25) is 0 Å². The molecule has 34 heavy (non-hydrogen) atoms. The third kappa shape index (κ3) is 4.25. The second kappa shape index (κ2) is 8.36. The lowest BCUT2D eigenvalue weighted by molar-refractivity contribution is 0.553. The maximum absolute atomic E-state index is 6.88. The first-order chi connectivity index (χ1) is 15.6. The molecule has 0 N–H and O–H groups in total. The molecule has 0 amide bonds. The van der Waals surface area contributed by atoms with Gasteiger partial charge >= 0.3 is 0 Å². The minimum Gasteiger partial charge on any atom is -0.0942 e. The molecule has 1 saturated heterocycles. The van der Waals surface area contributed by atoms with Crippen LogP contribution >= 0.6 is 16.6 Å². The van der Waals surface area contributed by atoms with Gasteiger partial charge in [-0.15, -0.1) is 0 Å². The number of hydrogen-bond donors (Lipinski definition) is 0. The quantitative estimate of drug-likeness (QED) is 0.256. The topological polar surface area (TPSA) is 0 Å². The van der Waals surface area contributed by atoms with Crippen molar-refractivity contribution in [1.29, 1.82) is 0 Å². The Labute approximate surface area is 216 Å². The Hall–Kier alpha value is -1.34. The second-order valence-corrected chi connectivity index (χ2v) is 20.5. The zero-order chi connectivity index (χ0) is 25.2. The molecule has 0 spiro atoms. The molecule has 0 radical (unpaired) electrons. The van der Waals surface area contributed by atoms with Gasteiger partial charge in [0.25, 0.3) is 0 Å². The van der Waals surface area contributed by atoms with Crippen LogP contribution in [0.15, 0.2) is 72.8 Å². The average molecular weight is 507 g/mol. The van der Waals surface area contributed by atoms with Crippen LogP contribution in [0.2, 0.25) is 0 Å². The largest absolute Gasteiger partial charge is 0.112 e. The van der Waals surface area contributed by atoms with Gasteiger partial charge in [0.15, 0.2) is 0 Å². The summed E-state index contributed by atoms with van der Waals surface area (Å²) in [6, 6.07) is 27.0. The average Bonchev–Trinajstić information content (AvgIpc) is 3.40. The fourth-order valence-electron chi connectivity index (χ4n) is 4.84. The SMILES string of the molecule is CC(C)(C)c1cc(C(C)(C)C)c(P2(=S)SC2(c2ccccc2)c2ccccc2)c(C(C)(C)C)c1. The van der Waals surface area contributed by atoms with E-state index in [0.29, 0.717) is 0 Å². The van der Waals surface area contributed by atoms with Gasteiger partial charge in [-0.1, -0.05) is 158 Å². The monoisotopic (exact) mass is 506 g/mol. The first kappa shape index (κ1) is 25.7. The maximum Gasteiger partial charge on any atom is 0.112 e. The van der Waals surface area contributed by atoms with Gasteiger partial charge in [-0.2, -0.15) is 0 Å². The maximum atomic E-state index is 6.88. The molecule has 0 aliphatic carbocycles. The molecule has 3 aromatic carbocycles. The second-order valence-electron chi connectivity index (χ2n) is 12.7. The van der Waals surface area contributed by atoms with E-state index in [9.17, 15) is 0 Å². The Morgan fingerprint density at radius 3 is 1.32 bits per heavy atom. The van der Waals surface area contributed by atoms with Crippen molar-refractivity contribution in [3.8, 4) is 0 Å². The van der Waals surface area contributed by atoms with E-state index >= 15 is 0 Å². The van der Waals surface area contributed by atoms with Crippen molar-refractivity contribution in [3.05, 3.63) is 101 Å². The van der Waals surface area contributed by atoms with E-state index in [1.54, 1.807) is 0 Å². The lowest BCUT2D eigenvalue weighted by Gasteiger charge is -2.35. The summed E-state index contributed by atoms with van der Waals surface area (Å²) in [5.74, 6) is 0. The van der Waals surface area contributed by atoms with Crippen LogP contribution < -0.4 is 5.30 Å². The molecule has 0 nitrogen and oxygen atoms in total. The van der Waals surface area contributed by atoms with E-state index in [1.165, 1.54) is 33.1 Å². The highest BCUT2D eigenvalue weighted by atomic mass is 33.0. The summed E-state index contributed by atoms with van der Waals surface area (Å²) in [6.45, 7) is 21.1. The van der Waals surface area contributed by atoms with Crippen molar-refractivity contribution >= 4 is 33.7 Å². The molecule has 3 aromatic rings. The summed E-state index contributed by atoms with van der Waals surface area (Å²) in [7, 11) is 0. The van der Waals surface area contributed by atoms with Crippen molar-refractivity contribution in [1.82, 2.24) is 0 Å². The van der Waals surface area contributed by atoms with Crippen molar-refractivity contribution in [2.75, 3.05) is 0 Å². The molecule has 4 rings (SSSR count). The Morgan fingerprint density at radius 2 is 1.00 bits per heavy atom. The lowest BCUT2D eigenvalue weighted by atomic mass is 9.75. The van der Waals surface area contributed by atoms with Gasteiger partial charge < -0.3 is 0 Å². The van der Waals surface area contributed by atoms with Crippen molar-refractivity contribution < 1.29 is 0 Å². The summed E-state index contributed by atoms with van der Waals surface area (Å²) in [5.41, 5.74) is 7.06. The smallest absolute Gasteiger partial charge is 0.0942 e. The van der Waals surface area contributed by atoms with Crippen molar-refractivity contribution in [2.24, 2.45) is 0 Å². The van der Waals surface area contributed by atoms with Crippen molar-refractivity contribution in [2.45, 2.75) is 83.0 Å². The molecule has 0 aromatic heterocycles. The third-order valence-electron chi connectivity index (χ3n) is 6.86. The van der Waals surface area contributed by atoms with Crippen LogP contribution in [0.3, 0.4) is 0 Å². The zero-order valence-electron chi connectivity index (χ0n) is 22.2. The highest BCUT2D eigenvalue weighted by molar-refractivity contribution is 8.87. The van der Waals surface area contributed by atoms with Crippen LogP contribution in [0.25, 0.3) is 0 Å². The molecular weight excluding hydrogens is 467 g/mol. The van der Waals surface area contributed by atoms with Gasteiger partial charge in [0.05, 0.1) is 5.24 Å². The van der Waals surface area contributed by atoms with E-state index in [4.69, 9.17) is 11.8 Å². The molecule has 1 atom stereocenters. The number of rotatable bonds is 3. The highest BCUT2D eigenvalue weighted by Gasteiger charge is 2.66. The first-order valence-electron chi connectivity index (χ1n) is 12.2. The molecule has 180 valence electrons. The zero-order valence-corrected chi connectivity index (χ0v) is 24.7. The molecule has 3 heteroatoms. The van der Waals surface area contributed by atoms with Gasteiger partial charge in [-0.05, 0) is 44.1 Å². The normalized spacial score (nSPS) is 20.3. The number of benzene rings is 3. The van der Waals surface area contributed by atoms with E-state index in [1.807, 2.05) is 11.4 Å². The minimum absolute atomic E-state index is 0.00463. The molecule has 0 bridgehead atoms. The highest BCUT2D eigenvalue weighted by Crippen LogP contribution is 2.98. The minimum atomic E-state index is -2.04. The Bertz CT molecular complexity index is 1160. The Kier molecular flexibility index (Phi) is 6.33. The van der Waals surface area contributed by atoms with E-state index in [2.05, 4.69) is 135 Å². The fourth-order valence-corrected chi connectivity index (χ4v) is 15.3. The summed E-state index contributed by atoms with van der Waals surface area (Å²) in [4.78, 5) is 0. The van der Waals surface area contributed by atoms with Gasteiger partial charge in [0, 0.05) is 5.30 Å². The fraction of sp³-hybridized carbons (Fsp3) is 0.419. The van der Waals surface area contributed by atoms with Crippen LogP contribution in [0.4, 0.5) is 0 Å². The summed E-state index contributed by atoms with van der Waals surface area (Å²) in [6.07, 6.45) is 0. The van der Waals surface area contributed by atoms with Crippen LogP contribution in [0.1, 0.15) is 90.1 Å². The molecular formula is C31H39PS2. The standard InChI is InChI=1S/C31H39PS2/c1-28(2,3)24-20-25(29(4,5)6)27(26(21-24)30(7,8)9)32(33)31(34-32,22-16-12-10-13-17-22)23-18-14-11-15-19-23/h10-21H,1-9H3. The molecule has 0 saturated carbocycles. The van der Waals surface area contributed by atoms with E-state index in [0.717, 1.165) is 0 Å². The van der Waals surface area contributed by atoms with Crippen LogP contribution in [0, 0.1) is 0 Å². The van der Waals surface area contributed by atoms with E-state index < -0.39 is 5.24 Å². The summed E-state index contributed by atoms with van der Waals surface area (Å²) >= 11 is 8.93. The van der Waals surface area contributed by atoms with Crippen LogP contribution in [0.5, 0.6) is 0 Å². The molecule has 1 unspecified atom stereocenters. The predicted molar refractivity (Wildman–Crippen MR) is 158 cm³/mol. The lowest BCUT2D eigenvalue weighted by Crippen LogP contribution is -2.32. The molecule has 1 aliphatic heterocycles. The Balaban J connectivity index is 2.11. The van der Waals surface area contributed by atoms with E-state index in [-0.39, 0.29) is 20.7 Å². The predicted octanol–water partition coefficient (Wildman–Crippen LogP) is 9.25. The summed E-state index contributed by atoms with van der Waals surface area (Å²) < 4.78 is -0.173. The first-order valence-corrected chi connectivity index (χ1v) is 16.5. The number of hydrogen-bond acceptors (Lipinski definition) is 2. The van der Waals surface area contributed by atoms with Gasteiger partial charge in [-0.25, -0.2) is 0 Å². The summed E-state index contributed by atoms with van der Waals surface area (Å²) in [5, 5.41) is -0.577. The van der Waals surface area contributed by atoms with Crippen molar-refractivity contribution in [3.63, 3.8) is 0 Å². The molecule has 1 heterocycles. The Morgan fingerprint density at radius 1 is 0.618 bits per heavy atom. The van der Waals surface area contributed by atoms with Gasteiger partial charge in [0.1, 0.15) is 4.49 Å².